The summed E-state index contributed by atoms with van der Waals surface area (Å²) in [5, 5.41) is 3.26. The third-order valence-electron chi connectivity index (χ3n) is 3.09. The van der Waals surface area contributed by atoms with Gasteiger partial charge in [-0.3, -0.25) is 5.32 Å². The van der Waals surface area contributed by atoms with Gasteiger partial charge in [-0.1, -0.05) is 19.9 Å². The lowest BCUT2D eigenvalue weighted by atomic mass is 9.84. The number of benzene rings is 1. The van der Waals surface area contributed by atoms with Gasteiger partial charge in [0, 0.05) is 26.0 Å². The SMILES string of the molecule is COCNCC(C)(C)c1ccc2oc(C)nc2c1. The molecule has 0 atom stereocenters. The van der Waals surface area contributed by atoms with Gasteiger partial charge in [0.25, 0.3) is 0 Å². The van der Waals surface area contributed by atoms with Crippen LogP contribution in [-0.2, 0) is 10.2 Å². The van der Waals surface area contributed by atoms with Gasteiger partial charge in [-0.2, -0.15) is 0 Å². The van der Waals surface area contributed by atoms with Crippen molar-refractivity contribution in [2.45, 2.75) is 26.2 Å². The topological polar surface area (TPSA) is 47.3 Å². The Bertz CT molecular complexity index is 532. The Kier molecular flexibility index (Phi) is 3.68. The zero-order chi connectivity index (χ0) is 13.2. The monoisotopic (exact) mass is 248 g/mol. The molecule has 0 bridgehead atoms. The molecule has 0 aliphatic heterocycles. The quantitative estimate of drug-likeness (QED) is 0.652. The van der Waals surface area contributed by atoms with Crippen molar-refractivity contribution in [2.24, 2.45) is 0 Å². The number of rotatable bonds is 5. The maximum Gasteiger partial charge on any atom is 0.192 e. The molecule has 2 rings (SSSR count). The summed E-state index contributed by atoms with van der Waals surface area (Å²) in [6.45, 7) is 7.68. The lowest BCUT2D eigenvalue weighted by Gasteiger charge is -2.25. The number of methoxy groups -OCH3 is 1. The maximum atomic E-state index is 5.49. The fraction of sp³-hybridized carbons (Fsp3) is 0.500. The third kappa shape index (κ3) is 2.71. The predicted octanol–water partition coefficient (Wildman–Crippen LogP) is 2.61. The number of aryl methyl sites for hydroxylation is 1. The van der Waals surface area contributed by atoms with Crippen molar-refractivity contribution in [3.63, 3.8) is 0 Å². The van der Waals surface area contributed by atoms with Gasteiger partial charge in [0.2, 0.25) is 0 Å². The van der Waals surface area contributed by atoms with Crippen molar-refractivity contribution in [1.29, 1.82) is 0 Å². The first-order valence-electron chi connectivity index (χ1n) is 6.10. The average Bonchev–Trinajstić information content (AvgIpc) is 2.68. The molecule has 1 N–H and O–H groups in total. The second-order valence-electron chi connectivity index (χ2n) is 5.16. The highest BCUT2D eigenvalue weighted by atomic mass is 16.5. The minimum Gasteiger partial charge on any atom is -0.441 e. The van der Waals surface area contributed by atoms with Gasteiger partial charge in [0.1, 0.15) is 5.52 Å². The smallest absolute Gasteiger partial charge is 0.192 e. The van der Waals surface area contributed by atoms with Gasteiger partial charge >= 0.3 is 0 Å². The first kappa shape index (κ1) is 13.1. The van der Waals surface area contributed by atoms with Crippen LogP contribution >= 0.6 is 0 Å². The summed E-state index contributed by atoms with van der Waals surface area (Å²) in [7, 11) is 1.68. The molecule has 0 fully saturated rings. The van der Waals surface area contributed by atoms with E-state index in [1.165, 1.54) is 5.56 Å². The Labute approximate surface area is 107 Å². The van der Waals surface area contributed by atoms with Crippen LogP contribution in [0.25, 0.3) is 11.1 Å². The second-order valence-corrected chi connectivity index (χ2v) is 5.16. The molecular weight excluding hydrogens is 228 g/mol. The van der Waals surface area contributed by atoms with E-state index in [2.05, 4.69) is 36.3 Å². The van der Waals surface area contributed by atoms with Gasteiger partial charge in [0.15, 0.2) is 11.5 Å². The molecule has 1 heterocycles. The zero-order valence-corrected chi connectivity index (χ0v) is 11.4. The van der Waals surface area contributed by atoms with Gasteiger partial charge in [-0.05, 0) is 17.7 Å². The normalized spacial score (nSPS) is 12.2. The molecule has 2 aromatic rings. The second kappa shape index (κ2) is 5.08. The molecule has 1 aromatic carbocycles. The van der Waals surface area contributed by atoms with Gasteiger partial charge in [-0.25, -0.2) is 4.98 Å². The fourth-order valence-electron chi connectivity index (χ4n) is 2.03. The van der Waals surface area contributed by atoms with Crippen LogP contribution in [0.2, 0.25) is 0 Å². The number of hydrogen-bond donors (Lipinski definition) is 1. The first-order valence-corrected chi connectivity index (χ1v) is 6.10. The van der Waals surface area contributed by atoms with E-state index in [4.69, 9.17) is 9.15 Å². The van der Waals surface area contributed by atoms with Crippen molar-refractivity contribution >= 4 is 11.1 Å². The number of ether oxygens (including phenoxy) is 1. The van der Waals surface area contributed by atoms with Crippen molar-refractivity contribution in [1.82, 2.24) is 10.3 Å². The van der Waals surface area contributed by atoms with Crippen LogP contribution in [0, 0.1) is 6.92 Å². The summed E-state index contributed by atoms with van der Waals surface area (Å²) < 4.78 is 10.5. The van der Waals surface area contributed by atoms with Crippen LogP contribution in [0.15, 0.2) is 22.6 Å². The summed E-state index contributed by atoms with van der Waals surface area (Å²) in [5.41, 5.74) is 3.04. The standard InChI is InChI=1S/C14H20N2O2/c1-10-16-12-7-11(5-6-13(12)18-10)14(2,3)8-15-9-17-4/h5-7,15H,8-9H2,1-4H3. The molecule has 0 amide bonds. The molecule has 0 unspecified atom stereocenters. The molecule has 0 spiro atoms. The van der Waals surface area contributed by atoms with E-state index in [9.17, 15) is 0 Å². The number of nitrogens with zero attached hydrogens (tertiary/aromatic N) is 1. The summed E-state index contributed by atoms with van der Waals surface area (Å²) in [5.74, 6) is 0.706. The molecule has 0 saturated carbocycles. The molecule has 4 nitrogen and oxygen atoms in total. The first-order chi connectivity index (χ1) is 8.53. The molecule has 0 radical (unpaired) electrons. The summed E-state index contributed by atoms with van der Waals surface area (Å²) in [6, 6.07) is 6.19. The van der Waals surface area contributed by atoms with Crippen molar-refractivity contribution in [2.75, 3.05) is 20.4 Å². The number of nitrogens with one attached hydrogen (secondary N) is 1. The lowest BCUT2D eigenvalue weighted by molar-refractivity contribution is 0.169. The summed E-state index contributed by atoms with van der Waals surface area (Å²) >= 11 is 0. The van der Waals surface area contributed by atoms with E-state index in [0.717, 1.165) is 17.6 Å². The number of hydrogen-bond acceptors (Lipinski definition) is 4. The number of aromatic nitrogens is 1. The average molecular weight is 248 g/mol. The van der Waals surface area contributed by atoms with Crippen LogP contribution in [0.3, 0.4) is 0 Å². The highest BCUT2D eigenvalue weighted by Crippen LogP contribution is 2.26. The number of fused-ring (bicyclic) bond motifs is 1. The van der Waals surface area contributed by atoms with Gasteiger partial charge in [0.05, 0.1) is 6.73 Å². The highest BCUT2D eigenvalue weighted by Gasteiger charge is 2.21. The molecule has 1 aromatic heterocycles. The van der Waals surface area contributed by atoms with Crippen LogP contribution in [-0.4, -0.2) is 25.4 Å². The van der Waals surface area contributed by atoms with Crippen LogP contribution < -0.4 is 5.32 Å². The Hall–Kier alpha value is -1.39. The Balaban J connectivity index is 2.23. The molecule has 98 valence electrons. The van der Waals surface area contributed by atoms with E-state index >= 15 is 0 Å². The predicted molar refractivity (Wildman–Crippen MR) is 71.7 cm³/mol. The van der Waals surface area contributed by atoms with E-state index in [0.29, 0.717) is 12.6 Å². The Morgan fingerprint density at radius 1 is 1.39 bits per heavy atom. The third-order valence-corrected chi connectivity index (χ3v) is 3.09. The molecule has 0 saturated heterocycles. The Morgan fingerprint density at radius 2 is 2.17 bits per heavy atom. The van der Waals surface area contributed by atoms with E-state index in [1.807, 2.05) is 13.0 Å². The van der Waals surface area contributed by atoms with E-state index in [-0.39, 0.29) is 5.41 Å². The van der Waals surface area contributed by atoms with Crippen LogP contribution in [0.5, 0.6) is 0 Å². The van der Waals surface area contributed by atoms with Gasteiger partial charge in [-0.15, -0.1) is 0 Å². The van der Waals surface area contributed by atoms with Crippen molar-refractivity contribution in [3.8, 4) is 0 Å². The molecule has 18 heavy (non-hydrogen) atoms. The maximum absolute atomic E-state index is 5.49. The fourth-order valence-corrected chi connectivity index (χ4v) is 2.03. The summed E-state index contributed by atoms with van der Waals surface area (Å²) in [6.07, 6.45) is 0. The van der Waals surface area contributed by atoms with Crippen LogP contribution in [0.4, 0.5) is 0 Å². The highest BCUT2D eigenvalue weighted by molar-refractivity contribution is 5.73. The van der Waals surface area contributed by atoms with E-state index in [1.54, 1.807) is 7.11 Å². The molecule has 0 aliphatic rings. The molecule has 4 heteroatoms. The van der Waals surface area contributed by atoms with Crippen LogP contribution in [0.1, 0.15) is 25.3 Å². The summed E-state index contributed by atoms with van der Waals surface area (Å²) in [4.78, 5) is 4.37. The molecular formula is C14H20N2O2. The largest absolute Gasteiger partial charge is 0.441 e. The molecule has 0 aliphatic carbocycles. The Morgan fingerprint density at radius 3 is 2.89 bits per heavy atom. The number of oxazole rings is 1. The van der Waals surface area contributed by atoms with Crippen molar-refractivity contribution < 1.29 is 9.15 Å². The minimum atomic E-state index is 0.0274. The zero-order valence-electron chi connectivity index (χ0n) is 11.4. The lowest BCUT2D eigenvalue weighted by Crippen LogP contribution is -2.33. The van der Waals surface area contributed by atoms with E-state index < -0.39 is 0 Å². The minimum absolute atomic E-state index is 0.0274. The van der Waals surface area contributed by atoms with Gasteiger partial charge < -0.3 is 9.15 Å². The van der Waals surface area contributed by atoms with Crippen molar-refractivity contribution in [3.05, 3.63) is 29.7 Å².